The number of nitrogens with zero attached hydrogens (tertiary/aromatic N) is 1. The number of rotatable bonds is 4. The van der Waals surface area contributed by atoms with Gasteiger partial charge in [-0.3, -0.25) is 0 Å². The number of hydrogen-bond donors (Lipinski definition) is 2. The third-order valence-electron chi connectivity index (χ3n) is 2.08. The van der Waals surface area contributed by atoms with Crippen LogP contribution in [-0.2, 0) is 0 Å². The minimum atomic E-state index is -0.791. The van der Waals surface area contributed by atoms with E-state index in [1.807, 2.05) is 6.07 Å². The van der Waals surface area contributed by atoms with Crippen molar-refractivity contribution in [3.63, 3.8) is 0 Å². The summed E-state index contributed by atoms with van der Waals surface area (Å²) in [4.78, 5) is 0. The zero-order valence-corrected chi connectivity index (χ0v) is 8.85. The van der Waals surface area contributed by atoms with Gasteiger partial charge in [0.2, 0.25) is 0 Å². The minimum absolute atomic E-state index is 0.0324. The summed E-state index contributed by atoms with van der Waals surface area (Å²) in [6, 6.07) is 8.61. The van der Waals surface area contributed by atoms with E-state index >= 15 is 0 Å². The van der Waals surface area contributed by atoms with Crippen molar-refractivity contribution in [2.24, 2.45) is 0 Å². The van der Waals surface area contributed by atoms with Gasteiger partial charge in [-0.2, -0.15) is 5.26 Å². The van der Waals surface area contributed by atoms with Gasteiger partial charge < -0.3 is 10.2 Å². The number of benzene rings is 1. The molecule has 3 nitrogen and oxygen atoms in total. The second-order valence-electron chi connectivity index (χ2n) is 3.32. The molecule has 0 aliphatic rings. The standard InChI is InChI=1S/C11H12ClNO2/c12-9-3-1-8(2-4-9)11(15)7-10(14)5-6-13/h1-4,10-11,14-15H,5,7H2. The average Bonchev–Trinajstić information content (AvgIpc) is 2.18. The first kappa shape index (κ1) is 12.0. The number of halogens is 1. The summed E-state index contributed by atoms with van der Waals surface area (Å²) < 4.78 is 0. The molecule has 80 valence electrons. The molecule has 0 saturated heterocycles. The van der Waals surface area contributed by atoms with Crippen LogP contribution in [-0.4, -0.2) is 16.3 Å². The summed E-state index contributed by atoms with van der Waals surface area (Å²) in [6.07, 6.45) is -1.36. The van der Waals surface area contributed by atoms with E-state index in [0.717, 1.165) is 0 Å². The topological polar surface area (TPSA) is 64.2 Å². The van der Waals surface area contributed by atoms with Crippen LogP contribution in [0.15, 0.2) is 24.3 Å². The van der Waals surface area contributed by atoms with Crippen molar-refractivity contribution in [1.29, 1.82) is 5.26 Å². The monoisotopic (exact) mass is 225 g/mol. The molecule has 1 aromatic rings. The van der Waals surface area contributed by atoms with Crippen molar-refractivity contribution in [3.05, 3.63) is 34.9 Å². The Morgan fingerprint density at radius 2 is 1.87 bits per heavy atom. The summed E-state index contributed by atoms with van der Waals surface area (Å²) in [5.41, 5.74) is 0.691. The average molecular weight is 226 g/mol. The molecule has 0 radical (unpaired) electrons. The molecular formula is C11H12ClNO2. The number of aliphatic hydroxyl groups is 2. The van der Waals surface area contributed by atoms with Gasteiger partial charge in [0, 0.05) is 11.4 Å². The van der Waals surface area contributed by atoms with Crippen LogP contribution in [0.2, 0.25) is 5.02 Å². The Morgan fingerprint density at radius 1 is 1.27 bits per heavy atom. The van der Waals surface area contributed by atoms with Gasteiger partial charge in [-0.05, 0) is 17.7 Å². The van der Waals surface area contributed by atoms with Crippen molar-refractivity contribution < 1.29 is 10.2 Å². The molecule has 0 aliphatic heterocycles. The highest BCUT2D eigenvalue weighted by molar-refractivity contribution is 6.30. The van der Waals surface area contributed by atoms with Gasteiger partial charge >= 0.3 is 0 Å². The SMILES string of the molecule is N#CCC(O)CC(O)c1ccc(Cl)cc1. The second kappa shape index (κ2) is 5.72. The lowest BCUT2D eigenvalue weighted by Gasteiger charge is -2.13. The molecule has 0 spiro atoms. The van der Waals surface area contributed by atoms with Crippen LogP contribution in [0.25, 0.3) is 0 Å². The maximum atomic E-state index is 9.70. The van der Waals surface area contributed by atoms with Crippen LogP contribution in [0, 0.1) is 11.3 Å². The van der Waals surface area contributed by atoms with Crippen LogP contribution in [0.3, 0.4) is 0 Å². The quantitative estimate of drug-likeness (QED) is 0.824. The van der Waals surface area contributed by atoms with Gasteiger partial charge in [0.15, 0.2) is 0 Å². The summed E-state index contributed by atoms with van der Waals surface area (Å²) >= 11 is 5.70. The second-order valence-corrected chi connectivity index (χ2v) is 3.76. The third kappa shape index (κ3) is 3.88. The van der Waals surface area contributed by atoms with Crippen LogP contribution in [0.5, 0.6) is 0 Å². The van der Waals surface area contributed by atoms with E-state index in [9.17, 15) is 10.2 Å². The molecule has 2 atom stereocenters. The van der Waals surface area contributed by atoms with Gasteiger partial charge in [-0.15, -0.1) is 0 Å². The Labute approximate surface area is 93.5 Å². The molecule has 4 heteroatoms. The van der Waals surface area contributed by atoms with Gasteiger partial charge in [0.25, 0.3) is 0 Å². The molecule has 2 N–H and O–H groups in total. The lowest BCUT2D eigenvalue weighted by Crippen LogP contribution is -2.11. The van der Waals surface area contributed by atoms with Crippen molar-refractivity contribution in [1.82, 2.24) is 0 Å². The zero-order valence-electron chi connectivity index (χ0n) is 8.10. The normalized spacial score (nSPS) is 14.3. The van der Waals surface area contributed by atoms with E-state index in [-0.39, 0.29) is 12.8 Å². The van der Waals surface area contributed by atoms with Crippen LogP contribution >= 0.6 is 11.6 Å². The molecule has 0 fully saturated rings. The predicted octanol–water partition coefficient (Wildman–Crippen LogP) is 2.04. The van der Waals surface area contributed by atoms with Crippen molar-refractivity contribution in [2.75, 3.05) is 0 Å². The van der Waals surface area contributed by atoms with E-state index in [0.29, 0.717) is 10.6 Å². The number of nitriles is 1. The fraction of sp³-hybridized carbons (Fsp3) is 0.364. The maximum Gasteiger partial charge on any atom is 0.0815 e. The fourth-order valence-electron chi connectivity index (χ4n) is 1.27. The van der Waals surface area contributed by atoms with Crippen molar-refractivity contribution >= 4 is 11.6 Å². The smallest absolute Gasteiger partial charge is 0.0815 e. The zero-order chi connectivity index (χ0) is 11.3. The number of hydrogen-bond acceptors (Lipinski definition) is 3. The van der Waals surface area contributed by atoms with Crippen LogP contribution < -0.4 is 0 Å². The molecule has 2 unspecified atom stereocenters. The highest BCUT2D eigenvalue weighted by atomic mass is 35.5. The van der Waals surface area contributed by atoms with Crippen LogP contribution in [0.4, 0.5) is 0 Å². The molecule has 1 aromatic carbocycles. The third-order valence-corrected chi connectivity index (χ3v) is 2.33. The molecular weight excluding hydrogens is 214 g/mol. The lowest BCUT2D eigenvalue weighted by molar-refractivity contribution is 0.0831. The lowest BCUT2D eigenvalue weighted by atomic mass is 10.0. The molecule has 0 heterocycles. The first-order valence-corrected chi connectivity index (χ1v) is 5.00. The summed E-state index contributed by atoms with van der Waals surface area (Å²) in [7, 11) is 0. The largest absolute Gasteiger partial charge is 0.392 e. The number of aliphatic hydroxyl groups excluding tert-OH is 2. The molecule has 0 aromatic heterocycles. The summed E-state index contributed by atoms with van der Waals surface area (Å²) in [5.74, 6) is 0. The Bertz CT molecular complexity index is 345. The van der Waals surface area contributed by atoms with Crippen molar-refractivity contribution in [3.8, 4) is 6.07 Å². The molecule has 0 aliphatic carbocycles. The Morgan fingerprint density at radius 3 is 2.40 bits per heavy atom. The summed E-state index contributed by atoms with van der Waals surface area (Å²) in [6.45, 7) is 0. The molecule has 0 bridgehead atoms. The van der Waals surface area contributed by atoms with Gasteiger partial charge in [-0.25, -0.2) is 0 Å². The molecule has 15 heavy (non-hydrogen) atoms. The minimum Gasteiger partial charge on any atom is -0.392 e. The van der Waals surface area contributed by atoms with Crippen LogP contribution in [0.1, 0.15) is 24.5 Å². The Balaban J connectivity index is 2.57. The van der Waals surface area contributed by atoms with E-state index in [1.54, 1.807) is 24.3 Å². The molecule has 0 saturated carbocycles. The maximum absolute atomic E-state index is 9.70. The summed E-state index contributed by atoms with van der Waals surface area (Å²) in [5, 5.41) is 28.0. The fourth-order valence-corrected chi connectivity index (χ4v) is 1.39. The Hall–Kier alpha value is -1.08. The van der Waals surface area contributed by atoms with E-state index < -0.39 is 12.2 Å². The van der Waals surface area contributed by atoms with E-state index in [4.69, 9.17) is 16.9 Å². The van der Waals surface area contributed by atoms with E-state index in [1.165, 1.54) is 0 Å². The first-order valence-electron chi connectivity index (χ1n) is 4.62. The van der Waals surface area contributed by atoms with Gasteiger partial charge in [-0.1, -0.05) is 23.7 Å². The molecule has 1 rings (SSSR count). The van der Waals surface area contributed by atoms with Gasteiger partial charge in [0.1, 0.15) is 0 Å². The highest BCUT2D eigenvalue weighted by Gasteiger charge is 2.13. The molecule has 0 amide bonds. The van der Waals surface area contributed by atoms with E-state index in [2.05, 4.69) is 0 Å². The van der Waals surface area contributed by atoms with Crippen molar-refractivity contribution in [2.45, 2.75) is 25.0 Å². The predicted molar refractivity (Wildman–Crippen MR) is 57.3 cm³/mol. The Kier molecular flexibility index (Phi) is 4.57. The first-order chi connectivity index (χ1) is 7.13. The highest BCUT2D eigenvalue weighted by Crippen LogP contribution is 2.21. The van der Waals surface area contributed by atoms with Gasteiger partial charge in [0.05, 0.1) is 24.7 Å².